The quantitative estimate of drug-likeness (QED) is 0.0857. The average Bonchev–Trinajstić information content (AvgIpc) is 2.83. The Morgan fingerprint density at radius 3 is 1.00 bits per heavy atom. The molecule has 0 aromatic heterocycles. The monoisotopic (exact) mass is 478 g/mol. The molecule has 0 unspecified atom stereocenters. The van der Waals surface area contributed by atoms with E-state index in [0.717, 1.165) is 12.8 Å². The molecule has 0 bridgehead atoms. The Kier molecular flexibility index (Phi) is 29.5. The normalized spacial score (nSPS) is 11.6. The summed E-state index contributed by atoms with van der Waals surface area (Å²) in [6, 6.07) is 0. The Morgan fingerprint density at radius 1 is 0.441 bits per heavy atom. The van der Waals surface area contributed by atoms with Crippen LogP contribution in [0.3, 0.4) is 0 Å². The highest BCUT2D eigenvalue weighted by Gasteiger charge is 1.97. The van der Waals surface area contributed by atoms with Crippen molar-refractivity contribution in [3.8, 4) is 0 Å². The second-order valence-electron chi connectivity index (χ2n) is 10.7. The van der Waals surface area contributed by atoms with Gasteiger partial charge in [0.1, 0.15) is 0 Å². The molecule has 0 rings (SSSR count). The van der Waals surface area contributed by atoms with Crippen LogP contribution in [0.2, 0.25) is 0 Å². The van der Waals surface area contributed by atoms with Gasteiger partial charge >= 0.3 is 5.97 Å². The number of hydrogen-bond donors (Lipinski definition) is 1. The first kappa shape index (κ1) is 33.2. The van der Waals surface area contributed by atoms with Gasteiger partial charge in [0.2, 0.25) is 0 Å². The summed E-state index contributed by atoms with van der Waals surface area (Å²) in [4.78, 5) is 10.4. The second kappa shape index (κ2) is 30.2. The van der Waals surface area contributed by atoms with Crippen molar-refractivity contribution < 1.29 is 9.90 Å². The zero-order valence-corrected chi connectivity index (χ0v) is 23.3. The Morgan fingerprint density at radius 2 is 0.706 bits per heavy atom. The number of rotatable bonds is 29. The van der Waals surface area contributed by atoms with Crippen LogP contribution < -0.4 is 0 Å². The van der Waals surface area contributed by atoms with Crippen molar-refractivity contribution in [3.05, 3.63) is 12.2 Å². The van der Waals surface area contributed by atoms with Gasteiger partial charge in [-0.15, -0.1) is 0 Å². The van der Waals surface area contributed by atoms with E-state index in [1.165, 1.54) is 161 Å². The first-order valence-electron chi connectivity index (χ1n) is 15.6. The molecule has 0 aliphatic carbocycles. The van der Waals surface area contributed by atoms with Gasteiger partial charge in [0.25, 0.3) is 0 Å². The minimum atomic E-state index is -0.650. The Bertz CT molecular complexity index is 415. The number of aliphatic carboxylic acids is 1. The highest BCUT2D eigenvalue weighted by atomic mass is 16.4. The molecule has 2 heteroatoms. The van der Waals surface area contributed by atoms with Crippen LogP contribution in [0.25, 0.3) is 0 Å². The highest BCUT2D eigenvalue weighted by Crippen LogP contribution is 2.15. The van der Waals surface area contributed by atoms with Crippen molar-refractivity contribution in [2.75, 3.05) is 0 Å². The van der Waals surface area contributed by atoms with E-state index in [9.17, 15) is 4.79 Å². The molecule has 0 saturated heterocycles. The number of hydrogen-bond acceptors (Lipinski definition) is 1. The lowest BCUT2D eigenvalue weighted by atomic mass is 10.0. The van der Waals surface area contributed by atoms with Gasteiger partial charge in [0.15, 0.2) is 0 Å². The zero-order valence-electron chi connectivity index (χ0n) is 23.3. The van der Waals surface area contributed by atoms with Crippen molar-refractivity contribution in [3.63, 3.8) is 0 Å². The fourth-order valence-corrected chi connectivity index (χ4v) is 4.82. The van der Waals surface area contributed by atoms with E-state index in [1.54, 1.807) is 0 Å². The fourth-order valence-electron chi connectivity index (χ4n) is 4.82. The summed E-state index contributed by atoms with van der Waals surface area (Å²) >= 11 is 0. The van der Waals surface area contributed by atoms with Crippen molar-refractivity contribution in [2.24, 2.45) is 0 Å². The smallest absolute Gasteiger partial charge is 0.303 e. The number of carboxylic acids is 1. The zero-order chi connectivity index (χ0) is 24.8. The standard InChI is InChI=1S/C32H62O2/c1-2-3-4-5-6-7-8-9-10-11-12-13-14-15-16-17-18-19-20-21-22-23-24-25-26-27-28-29-30-31-32(33)34/h11-12H,2-10,13-31H2,1H3,(H,33,34). The van der Waals surface area contributed by atoms with Crippen LogP contribution in [0.1, 0.15) is 187 Å². The summed E-state index contributed by atoms with van der Waals surface area (Å²) in [5.74, 6) is -0.650. The lowest BCUT2D eigenvalue weighted by Gasteiger charge is -2.03. The molecule has 0 atom stereocenters. The van der Waals surface area contributed by atoms with Gasteiger partial charge in [0, 0.05) is 6.42 Å². The van der Waals surface area contributed by atoms with Crippen molar-refractivity contribution in [2.45, 2.75) is 187 Å². The predicted octanol–water partition coefficient (Wildman–Crippen LogP) is 11.6. The minimum absolute atomic E-state index is 0.344. The average molecular weight is 479 g/mol. The van der Waals surface area contributed by atoms with Crippen LogP contribution in [0.5, 0.6) is 0 Å². The second-order valence-corrected chi connectivity index (χ2v) is 10.7. The third-order valence-electron chi connectivity index (χ3n) is 7.15. The predicted molar refractivity (Wildman–Crippen MR) is 152 cm³/mol. The summed E-state index contributed by atoms with van der Waals surface area (Å²) in [6.45, 7) is 2.29. The van der Waals surface area contributed by atoms with Crippen LogP contribution in [0.4, 0.5) is 0 Å². The number of allylic oxidation sites excluding steroid dienone is 2. The van der Waals surface area contributed by atoms with Gasteiger partial charge in [0.05, 0.1) is 0 Å². The minimum Gasteiger partial charge on any atom is -0.481 e. The third kappa shape index (κ3) is 31.2. The molecule has 0 aromatic carbocycles. The molecule has 2 nitrogen and oxygen atoms in total. The molecule has 202 valence electrons. The van der Waals surface area contributed by atoms with Crippen LogP contribution in [-0.4, -0.2) is 11.1 Å². The van der Waals surface area contributed by atoms with Crippen molar-refractivity contribution >= 4 is 5.97 Å². The summed E-state index contributed by atoms with van der Waals surface area (Å²) in [7, 11) is 0. The van der Waals surface area contributed by atoms with E-state index < -0.39 is 5.97 Å². The van der Waals surface area contributed by atoms with Crippen LogP contribution in [-0.2, 0) is 4.79 Å². The Balaban J connectivity index is 3.07. The topological polar surface area (TPSA) is 37.3 Å². The maximum atomic E-state index is 10.4. The lowest BCUT2D eigenvalue weighted by molar-refractivity contribution is -0.137. The first-order valence-corrected chi connectivity index (χ1v) is 15.6. The van der Waals surface area contributed by atoms with Crippen LogP contribution >= 0.6 is 0 Å². The molecule has 0 aliphatic rings. The van der Waals surface area contributed by atoms with Gasteiger partial charge < -0.3 is 5.11 Å². The van der Waals surface area contributed by atoms with Crippen molar-refractivity contribution in [1.82, 2.24) is 0 Å². The summed E-state index contributed by atoms with van der Waals surface area (Å²) in [5.41, 5.74) is 0. The van der Waals surface area contributed by atoms with E-state index >= 15 is 0 Å². The molecule has 0 spiro atoms. The van der Waals surface area contributed by atoms with E-state index in [1.807, 2.05) is 0 Å². The SMILES string of the molecule is CCCCCCCCCCC=CCCCCCCCCCCCCCCCCCCCC(=O)O. The number of unbranched alkanes of at least 4 members (excludes halogenated alkanes) is 25. The first-order chi connectivity index (χ1) is 16.8. The van der Waals surface area contributed by atoms with Crippen LogP contribution in [0.15, 0.2) is 12.2 Å². The molecular formula is C32H62O2. The third-order valence-corrected chi connectivity index (χ3v) is 7.15. The van der Waals surface area contributed by atoms with Gasteiger partial charge in [-0.25, -0.2) is 0 Å². The molecule has 0 fully saturated rings. The summed E-state index contributed by atoms with van der Waals surface area (Å²) in [6.07, 6.45) is 42.0. The Labute approximate surface area is 214 Å². The lowest BCUT2D eigenvalue weighted by Crippen LogP contribution is -1.93. The fraction of sp³-hybridized carbons (Fsp3) is 0.906. The molecule has 34 heavy (non-hydrogen) atoms. The molecule has 0 aliphatic heterocycles. The van der Waals surface area contributed by atoms with Gasteiger partial charge in [-0.2, -0.15) is 0 Å². The molecule has 0 heterocycles. The van der Waals surface area contributed by atoms with E-state index in [4.69, 9.17) is 5.11 Å². The largest absolute Gasteiger partial charge is 0.481 e. The van der Waals surface area contributed by atoms with Crippen molar-refractivity contribution in [1.29, 1.82) is 0 Å². The molecule has 0 amide bonds. The maximum Gasteiger partial charge on any atom is 0.303 e. The molecule has 0 saturated carbocycles. The van der Waals surface area contributed by atoms with E-state index in [2.05, 4.69) is 19.1 Å². The van der Waals surface area contributed by atoms with E-state index in [-0.39, 0.29) is 0 Å². The number of carboxylic acid groups (broad SMARTS) is 1. The van der Waals surface area contributed by atoms with Gasteiger partial charge in [-0.1, -0.05) is 160 Å². The highest BCUT2D eigenvalue weighted by molar-refractivity contribution is 5.66. The Hall–Kier alpha value is -0.790. The molecule has 0 aromatic rings. The molecular weight excluding hydrogens is 416 g/mol. The molecule has 1 N–H and O–H groups in total. The van der Waals surface area contributed by atoms with Gasteiger partial charge in [-0.3, -0.25) is 4.79 Å². The summed E-state index contributed by atoms with van der Waals surface area (Å²) in [5, 5.41) is 8.61. The van der Waals surface area contributed by atoms with Gasteiger partial charge in [-0.05, 0) is 32.1 Å². The maximum absolute atomic E-state index is 10.4. The molecule has 0 radical (unpaired) electrons. The van der Waals surface area contributed by atoms with Crippen LogP contribution in [0, 0.1) is 0 Å². The number of carbonyl (C=O) groups is 1. The summed E-state index contributed by atoms with van der Waals surface area (Å²) < 4.78 is 0. The van der Waals surface area contributed by atoms with E-state index in [0.29, 0.717) is 6.42 Å².